The number of aromatic nitrogens is 4. The van der Waals surface area contributed by atoms with Crippen molar-refractivity contribution in [3.05, 3.63) is 12.0 Å². The number of anilines is 1. The van der Waals surface area contributed by atoms with Crippen LogP contribution in [0.2, 0.25) is 0 Å². The van der Waals surface area contributed by atoms with Crippen molar-refractivity contribution in [3.8, 4) is 0 Å². The molecular formula is C15H23N5. The van der Waals surface area contributed by atoms with Gasteiger partial charge in [0.05, 0.1) is 16.6 Å². The molecule has 0 radical (unpaired) electrons. The number of hydrogen-bond acceptors (Lipinski definition) is 4. The molecule has 3 rings (SSSR count). The van der Waals surface area contributed by atoms with E-state index in [1.807, 2.05) is 4.68 Å². The molecule has 1 aliphatic rings. The lowest BCUT2D eigenvalue weighted by molar-refractivity contribution is 0.355. The standard InChI is InChI=1S/C15H23N5/c1-15(2,3)20-14-11(13(16)17-9-18-14)12(19-20)10-7-5-4-6-8-10/h9-10H,4-8H2,1-3H3,(H2,16,17,18). The van der Waals surface area contributed by atoms with Crippen LogP contribution in [-0.4, -0.2) is 19.7 Å². The monoisotopic (exact) mass is 273 g/mol. The Bertz CT molecular complexity index is 617. The van der Waals surface area contributed by atoms with Crippen LogP contribution in [0.3, 0.4) is 0 Å². The molecule has 1 fully saturated rings. The van der Waals surface area contributed by atoms with Crippen LogP contribution in [0.15, 0.2) is 6.33 Å². The summed E-state index contributed by atoms with van der Waals surface area (Å²) in [4.78, 5) is 8.60. The fourth-order valence-corrected chi connectivity index (χ4v) is 3.13. The number of nitrogens with zero attached hydrogens (tertiary/aromatic N) is 4. The van der Waals surface area contributed by atoms with Crippen molar-refractivity contribution in [1.29, 1.82) is 0 Å². The molecule has 108 valence electrons. The minimum absolute atomic E-state index is 0.105. The van der Waals surface area contributed by atoms with E-state index in [1.54, 1.807) is 0 Å². The molecule has 2 heterocycles. The van der Waals surface area contributed by atoms with Crippen LogP contribution in [0.25, 0.3) is 11.0 Å². The fourth-order valence-electron chi connectivity index (χ4n) is 3.13. The molecule has 0 unspecified atom stereocenters. The molecule has 0 bridgehead atoms. The third-order valence-corrected chi connectivity index (χ3v) is 4.15. The van der Waals surface area contributed by atoms with Gasteiger partial charge in [-0.05, 0) is 33.6 Å². The normalized spacial score (nSPS) is 17.8. The predicted octanol–water partition coefficient (Wildman–Crippen LogP) is 3.21. The van der Waals surface area contributed by atoms with Gasteiger partial charge in [-0.1, -0.05) is 19.3 Å². The average molecular weight is 273 g/mol. The lowest BCUT2D eigenvalue weighted by Crippen LogP contribution is -2.23. The summed E-state index contributed by atoms with van der Waals surface area (Å²) in [5, 5.41) is 5.85. The lowest BCUT2D eigenvalue weighted by Gasteiger charge is -2.21. The smallest absolute Gasteiger partial charge is 0.164 e. The first-order valence-electron chi connectivity index (χ1n) is 7.48. The summed E-state index contributed by atoms with van der Waals surface area (Å²) in [6.45, 7) is 6.42. The van der Waals surface area contributed by atoms with Gasteiger partial charge >= 0.3 is 0 Å². The van der Waals surface area contributed by atoms with E-state index in [-0.39, 0.29) is 5.54 Å². The van der Waals surface area contributed by atoms with Gasteiger partial charge in [0.15, 0.2) is 5.65 Å². The first-order valence-corrected chi connectivity index (χ1v) is 7.48. The van der Waals surface area contributed by atoms with Crippen molar-refractivity contribution in [2.75, 3.05) is 5.73 Å². The number of nitrogen functional groups attached to an aromatic ring is 1. The predicted molar refractivity (Wildman–Crippen MR) is 80.6 cm³/mol. The fraction of sp³-hybridized carbons (Fsp3) is 0.667. The van der Waals surface area contributed by atoms with Crippen molar-refractivity contribution in [2.24, 2.45) is 0 Å². The summed E-state index contributed by atoms with van der Waals surface area (Å²) < 4.78 is 2.00. The zero-order valence-electron chi connectivity index (χ0n) is 12.6. The van der Waals surface area contributed by atoms with E-state index < -0.39 is 0 Å². The van der Waals surface area contributed by atoms with E-state index in [4.69, 9.17) is 10.8 Å². The Morgan fingerprint density at radius 1 is 1.15 bits per heavy atom. The number of rotatable bonds is 1. The third-order valence-electron chi connectivity index (χ3n) is 4.15. The number of nitrogens with two attached hydrogens (primary N) is 1. The quantitative estimate of drug-likeness (QED) is 0.866. The maximum Gasteiger partial charge on any atom is 0.164 e. The molecule has 20 heavy (non-hydrogen) atoms. The maximum absolute atomic E-state index is 6.12. The van der Waals surface area contributed by atoms with E-state index in [2.05, 4.69) is 30.7 Å². The van der Waals surface area contributed by atoms with Crippen molar-refractivity contribution >= 4 is 16.9 Å². The molecule has 1 aliphatic carbocycles. The highest BCUT2D eigenvalue weighted by atomic mass is 15.3. The third kappa shape index (κ3) is 2.15. The van der Waals surface area contributed by atoms with Crippen LogP contribution >= 0.6 is 0 Å². The maximum atomic E-state index is 6.12. The molecule has 0 spiro atoms. The molecule has 0 atom stereocenters. The topological polar surface area (TPSA) is 69.6 Å². The van der Waals surface area contributed by atoms with Gasteiger partial charge in [-0.25, -0.2) is 14.6 Å². The van der Waals surface area contributed by atoms with Crippen molar-refractivity contribution in [3.63, 3.8) is 0 Å². The minimum Gasteiger partial charge on any atom is -0.383 e. The Kier molecular flexibility index (Phi) is 3.15. The summed E-state index contributed by atoms with van der Waals surface area (Å²) >= 11 is 0. The van der Waals surface area contributed by atoms with Gasteiger partial charge < -0.3 is 5.73 Å². The summed E-state index contributed by atoms with van der Waals surface area (Å²) in [6.07, 6.45) is 7.83. The SMILES string of the molecule is CC(C)(C)n1nc(C2CCCCC2)c2c(N)ncnc21. The summed E-state index contributed by atoms with van der Waals surface area (Å²) in [5.74, 6) is 1.06. The molecule has 2 aromatic heterocycles. The van der Waals surface area contributed by atoms with Crippen molar-refractivity contribution < 1.29 is 0 Å². The van der Waals surface area contributed by atoms with Gasteiger partial charge in [-0.15, -0.1) is 0 Å². The summed E-state index contributed by atoms with van der Waals surface area (Å²) in [7, 11) is 0. The average Bonchev–Trinajstić information content (AvgIpc) is 2.81. The molecule has 1 saturated carbocycles. The highest BCUT2D eigenvalue weighted by molar-refractivity contribution is 5.88. The van der Waals surface area contributed by atoms with Gasteiger partial charge in [-0.3, -0.25) is 0 Å². The Hall–Kier alpha value is -1.65. The minimum atomic E-state index is -0.105. The summed E-state index contributed by atoms with van der Waals surface area (Å²) in [6, 6.07) is 0. The molecular weight excluding hydrogens is 250 g/mol. The van der Waals surface area contributed by atoms with E-state index in [9.17, 15) is 0 Å². The number of hydrogen-bond donors (Lipinski definition) is 1. The van der Waals surface area contributed by atoms with E-state index in [1.165, 1.54) is 38.4 Å². The van der Waals surface area contributed by atoms with E-state index in [0.29, 0.717) is 11.7 Å². The van der Waals surface area contributed by atoms with Crippen molar-refractivity contribution in [2.45, 2.75) is 64.3 Å². The second-order valence-corrected chi connectivity index (χ2v) is 6.76. The molecule has 0 aromatic carbocycles. The first-order chi connectivity index (χ1) is 9.48. The second-order valence-electron chi connectivity index (χ2n) is 6.76. The Morgan fingerprint density at radius 3 is 2.50 bits per heavy atom. The van der Waals surface area contributed by atoms with Gasteiger partial charge in [0, 0.05) is 5.92 Å². The van der Waals surface area contributed by atoms with Crippen LogP contribution < -0.4 is 5.73 Å². The zero-order chi connectivity index (χ0) is 14.3. The second kappa shape index (κ2) is 4.72. The van der Waals surface area contributed by atoms with Gasteiger partial charge in [0.2, 0.25) is 0 Å². The highest BCUT2D eigenvalue weighted by Crippen LogP contribution is 2.37. The molecule has 5 nitrogen and oxygen atoms in total. The van der Waals surface area contributed by atoms with Crippen molar-refractivity contribution in [1.82, 2.24) is 19.7 Å². The first kappa shape index (κ1) is 13.3. The molecule has 0 saturated heterocycles. The Morgan fingerprint density at radius 2 is 1.85 bits per heavy atom. The molecule has 2 N–H and O–H groups in total. The molecule has 0 amide bonds. The summed E-state index contributed by atoms with van der Waals surface area (Å²) in [5.41, 5.74) is 7.98. The van der Waals surface area contributed by atoms with E-state index >= 15 is 0 Å². The van der Waals surface area contributed by atoms with Gasteiger partial charge in [0.1, 0.15) is 12.1 Å². The van der Waals surface area contributed by atoms with E-state index in [0.717, 1.165) is 16.7 Å². The van der Waals surface area contributed by atoms with Crippen LogP contribution in [0, 0.1) is 0 Å². The molecule has 0 aliphatic heterocycles. The molecule has 5 heteroatoms. The number of fused-ring (bicyclic) bond motifs is 1. The Labute approximate surface area is 119 Å². The van der Waals surface area contributed by atoms with Crippen LogP contribution in [0.1, 0.15) is 64.5 Å². The Balaban J connectivity index is 2.21. The van der Waals surface area contributed by atoms with Gasteiger partial charge in [-0.2, -0.15) is 5.10 Å². The highest BCUT2D eigenvalue weighted by Gasteiger charge is 2.27. The van der Waals surface area contributed by atoms with Crippen LogP contribution in [0.5, 0.6) is 0 Å². The zero-order valence-corrected chi connectivity index (χ0v) is 12.6. The van der Waals surface area contributed by atoms with Crippen LogP contribution in [-0.2, 0) is 5.54 Å². The molecule has 2 aromatic rings. The van der Waals surface area contributed by atoms with Gasteiger partial charge in [0.25, 0.3) is 0 Å². The lowest BCUT2D eigenvalue weighted by atomic mass is 9.86. The largest absolute Gasteiger partial charge is 0.383 e. The van der Waals surface area contributed by atoms with Crippen LogP contribution in [0.4, 0.5) is 5.82 Å².